The molecule has 5 aromatic rings. The van der Waals surface area contributed by atoms with Crippen LogP contribution in [-0.2, 0) is 14.8 Å². The molecule has 8 nitrogen and oxygen atoms in total. The van der Waals surface area contributed by atoms with E-state index in [-0.39, 0.29) is 11.4 Å². The number of furan rings is 2. The third-order valence-electron chi connectivity index (χ3n) is 6.71. The first-order chi connectivity index (χ1) is 17.5. The van der Waals surface area contributed by atoms with Crippen molar-refractivity contribution < 1.29 is 22.0 Å². The van der Waals surface area contributed by atoms with Crippen LogP contribution in [0.25, 0.3) is 21.7 Å². The largest absolute Gasteiger partial charge is 0.467 e. The van der Waals surface area contributed by atoms with E-state index < -0.39 is 22.0 Å². The van der Waals surface area contributed by atoms with Gasteiger partial charge in [-0.1, -0.05) is 42.5 Å². The van der Waals surface area contributed by atoms with Gasteiger partial charge >= 0.3 is 0 Å². The fraction of sp³-hybridized carbons (Fsp3) is 0.111. The summed E-state index contributed by atoms with van der Waals surface area (Å²) in [7, 11) is -3.88. The number of benzene rings is 3. The monoisotopic (exact) mass is 497 g/mol. The first-order valence-corrected chi connectivity index (χ1v) is 12.9. The maximum atomic E-state index is 13.7. The highest BCUT2D eigenvalue weighted by Gasteiger charge is 2.41. The molecule has 178 valence electrons. The predicted octanol–water partition coefficient (Wildman–Crippen LogP) is 5.07. The van der Waals surface area contributed by atoms with Gasteiger partial charge in [-0.3, -0.25) is 9.10 Å². The summed E-state index contributed by atoms with van der Waals surface area (Å²) in [6.45, 7) is -0.385. The maximum absolute atomic E-state index is 13.7. The molecule has 2 aliphatic rings. The molecule has 0 fully saturated rings. The molecule has 3 aromatic carbocycles. The highest BCUT2D eigenvalue weighted by atomic mass is 32.2. The molecule has 0 spiro atoms. The van der Waals surface area contributed by atoms with Crippen LogP contribution in [0.3, 0.4) is 0 Å². The molecule has 2 aromatic heterocycles. The Balaban J connectivity index is 1.27. The van der Waals surface area contributed by atoms with Crippen LogP contribution in [0.5, 0.6) is 0 Å². The number of hydrogen-bond donors (Lipinski definition) is 0. The Morgan fingerprint density at radius 3 is 2.58 bits per heavy atom. The number of carbonyl (C=O) groups is 1. The Kier molecular flexibility index (Phi) is 4.40. The van der Waals surface area contributed by atoms with E-state index in [1.54, 1.807) is 42.7 Å². The standard InChI is InChI=1S/C27H19N3O5S/c31-26(16-29-20-9-3-7-17-8-4-12-25(27(17)20)36(29,32)33)30-21(23-11-5-13-34-23)15-19(28-30)24-14-18-6-1-2-10-22(18)35-24/h1-14,21H,15-16H2. The fourth-order valence-corrected chi connectivity index (χ4v) is 6.70. The lowest BCUT2D eigenvalue weighted by Crippen LogP contribution is -2.39. The van der Waals surface area contributed by atoms with E-state index in [0.29, 0.717) is 34.7 Å². The summed E-state index contributed by atoms with van der Waals surface area (Å²) in [4.78, 5) is 13.9. The molecule has 0 N–H and O–H groups in total. The molecule has 7 rings (SSSR count). The minimum atomic E-state index is -3.88. The molecular formula is C27H19N3O5S. The van der Waals surface area contributed by atoms with E-state index in [4.69, 9.17) is 8.83 Å². The molecule has 9 heteroatoms. The van der Waals surface area contributed by atoms with Gasteiger partial charge in [-0.15, -0.1) is 0 Å². The number of amides is 1. The average molecular weight is 498 g/mol. The normalized spacial score (nSPS) is 18.3. The summed E-state index contributed by atoms with van der Waals surface area (Å²) >= 11 is 0. The summed E-state index contributed by atoms with van der Waals surface area (Å²) in [6.07, 6.45) is 1.92. The number of hydrazone groups is 1. The Bertz CT molecular complexity index is 1770. The minimum Gasteiger partial charge on any atom is -0.467 e. The second-order valence-electron chi connectivity index (χ2n) is 8.81. The lowest BCUT2D eigenvalue weighted by Gasteiger charge is -2.24. The van der Waals surface area contributed by atoms with Gasteiger partial charge < -0.3 is 8.83 Å². The maximum Gasteiger partial charge on any atom is 0.265 e. The van der Waals surface area contributed by atoms with E-state index in [2.05, 4.69) is 5.10 Å². The van der Waals surface area contributed by atoms with Gasteiger partial charge in [0.15, 0.2) is 5.76 Å². The van der Waals surface area contributed by atoms with E-state index >= 15 is 0 Å². The lowest BCUT2D eigenvalue weighted by atomic mass is 10.1. The molecule has 1 unspecified atom stereocenters. The van der Waals surface area contributed by atoms with Crippen LogP contribution < -0.4 is 4.31 Å². The van der Waals surface area contributed by atoms with Crippen molar-refractivity contribution in [3.05, 3.63) is 96.6 Å². The Labute approximate surface area is 206 Å². The molecule has 4 heterocycles. The zero-order chi connectivity index (χ0) is 24.4. The number of para-hydroxylation sites is 1. The van der Waals surface area contributed by atoms with E-state index in [0.717, 1.165) is 16.4 Å². The zero-order valence-corrected chi connectivity index (χ0v) is 19.7. The van der Waals surface area contributed by atoms with Gasteiger partial charge in [-0.25, -0.2) is 13.4 Å². The first-order valence-electron chi connectivity index (χ1n) is 11.5. The topological polar surface area (TPSA) is 96.3 Å². The van der Waals surface area contributed by atoms with Gasteiger partial charge in [-0.2, -0.15) is 5.10 Å². The highest BCUT2D eigenvalue weighted by molar-refractivity contribution is 7.93. The Morgan fingerprint density at radius 2 is 1.78 bits per heavy atom. The molecule has 1 atom stereocenters. The van der Waals surface area contributed by atoms with Crippen LogP contribution in [0, 0.1) is 0 Å². The summed E-state index contributed by atoms with van der Waals surface area (Å²) in [6, 6.07) is 23.1. The second-order valence-corrected chi connectivity index (χ2v) is 10.6. The number of carbonyl (C=O) groups excluding carboxylic acids is 1. The SMILES string of the molecule is O=C(CN1c2cccc3cccc(c23)S1(=O)=O)N1N=C(c2cc3ccccc3o2)CC1c1ccco1. The quantitative estimate of drug-likeness (QED) is 0.346. The van der Waals surface area contributed by atoms with Crippen LogP contribution in [0.15, 0.2) is 104 Å². The van der Waals surface area contributed by atoms with Crippen molar-refractivity contribution in [1.82, 2.24) is 5.01 Å². The van der Waals surface area contributed by atoms with Crippen LogP contribution in [0.2, 0.25) is 0 Å². The number of nitrogens with zero attached hydrogens (tertiary/aromatic N) is 3. The molecule has 0 saturated carbocycles. The molecule has 0 bridgehead atoms. The van der Waals surface area contributed by atoms with Gasteiger partial charge in [0.1, 0.15) is 29.6 Å². The van der Waals surface area contributed by atoms with Gasteiger partial charge in [0.25, 0.3) is 15.9 Å². The van der Waals surface area contributed by atoms with Crippen molar-refractivity contribution in [2.45, 2.75) is 17.4 Å². The first kappa shape index (κ1) is 21.0. The van der Waals surface area contributed by atoms with E-state index in [1.807, 2.05) is 42.5 Å². The number of sulfonamides is 1. The van der Waals surface area contributed by atoms with Gasteiger partial charge in [0, 0.05) is 17.2 Å². The van der Waals surface area contributed by atoms with Gasteiger partial charge in [0.2, 0.25) is 0 Å². The van der Waals surface area contributed by atoms with Crippen molar-refractivity contribution in [2.24, 2.45) is 5.10 Å². The van der Waals surface area contributed by atoms with Crippen LogP contribution in [0.4, 0.5) is 5.69 Å². The smallest absolute Gasteiger partial charge is 0.265 e. The number of hydrogen-bond acceptors (Lipinski definition) is 6. The number of anilines is 1. The molecule has 0 radical (unpaired) electrons. The van der Waals surface area contributed by atoms with E-state index in [1.165, 1.54) is 9.31 Å². The van der Waals surface area contributed by atoms with Crippen molar-refractivity contribution in [1.29, 1.82) is 0 Å². The molecule has 0 saturated heterocycles. The minimum absolute atomic E-state index is 0.207. The third-order valence-corrected chi connectivity index (χ3v) is 8.51. The molecule has 0 aliphatic carbocycles. The van der Waals surface area contributed by atoms with Gasteiger partial charge in [-0.05, 0) is 41.8 Å². The van der Waals surface area contributed by atoms with Crippen LogP contribution in [-0.4, -0.2) is 31.6 Å². The zero-order valence-electron chi connectivity index (χ0n) is 18.9. The average Bonchev–Trinajstić information content (AvgIpc) is 3.67. The van der Waals surface area contributed by atoms with Crippen molar-refractivity contribution in [3.63, 3.8) is 0 Å². The predicted molar refractivity (Wildman–Crippen MR) is 134 cm³/mol. The van der Waals surface area contributed by atoms with Crippen molar-refractivity contribution >= 4 is 49.1 Å². The number of rotatable bonds is 4. The van der Waals surface area contributed by atoms with Crippen LogP contribution in [0.1, 0.15) is 24.0 Å². The fourth-order valence-electron chi connectivity index (χ4n) is 5.04. The lowest BCUT2D eigenvalue weighted by molar-refractivity contribution is -0.131. The van der Waals surface area contributed by atoms with Gasteiger partial charge in [0.05, 0.1) is 16.8 Å². The molecular weight excluding hydrogens is 478 g/mol. The number of fused-ring (bicyclic) bond motifs is 1. The second kappa shape index (κ2) is 7.56. The van der Waals surface area contributed by atoms with E-state index in [9.17, 15) is 13.2 Å². The Hall–Kier alpha value is -4.37. The summed E-state index contributed by atoms with van der Waals surface area (Å²) < 4.78 is 39.6. The Morgan fingerprint density at radius 1 is 0.972 bits per heavy atom. The summed E-state index contributed by atoms with van der Waals surface area (Å²) in [5.41, 5.74) is 1.81. The van der Waals surface area contributed by atoms with Crippen LogP contribution >= 0.6 is 0 Å². The summed E-state index contributed by atoms with van der Waals surface area (Å²) in [5.74, 6) is 0.665. The molecule has 36 heavy (non-hydrogen) atoms. The molecule has 1 amide bonds. The van der Waals surface area contributed by atoms with Crippen molar-refractivity contribution in [3.8, 4) is 0 Å². The van der Waals surface area contributed by atoms with Crippen molar-refractivity contribution in [2.75, 3.05) is 10.8 Å². The highest BCUT2D eigenvalue weighted by Crippen LogP contribution is 2.42. The summed E-state index contributed by atoms with van der Waals surface area (Å²) in [5, 5.41) is 8.29. The third kappa shape index (κ3) is 3.02. The molecule has 2 aliphatic heterocycles.